The van der Waals surface area contributed by atoms with Crippen LogP contribution in [0.1, 0.15) is 22.1 Å². The summed E-state index contributed by atoms with van der Waals surface area (Å²) in [5.41, 5.74) is 0.606. The SMILES string of the molecule is Cc1nc(CSc2ccccc2C(=O)NCCOc2ccc(Cl)cc2)no1. The van der Waals surface area contributed by atoms with Gasteiger partial charge in [-0.05, 0) is 36.4 Å². The number of halogens is 1. The molecule has 3 aromatic rings. The van der Waals surface area contributed by atoms with Crippen molar-refractivity contribution in [3.8, 4) is 5.75 Å². The highest BCUT2D eigenvalue weighted by molar-refractivity contribution is 7.98. The van der Waals surface area contributed by atoms with Crippen LogP contribution < -0.4 is 10.1 Å². The molecule has 0 atom stereocenters. The van der Waals surface area contributed by atoms with Gasteiger partial charge in [0.2, 0.25) is 5.89 Å². The number of benzene rings is 2. The van der Waals surface area contributed by atoms with Gasteiger partial charge in [-0.25, -0.2) is 0 Å². The number of aryl methyl sites for hydroxylation is 1. The molecule has 6 nitrogen and oxygen atoms in total. The molecule has 0 fully saturated rings. The maximum Gasteiger partial charge on any atom is 0.252 e. The quantitative estimate of drug-likeness (QED) is 0.450. The number of nitrogens with zero attached hydrogens (tertiary/aromatic N) is 2. The number of carbonyl (C=O) groups excluding carboxylic acids is 1. The molecule has 0 unspecified atom stereocenters. The van der Waals surface area contributed by atoms with Crippen molar-refractivity contribution in [2.24, 2.45) is 0 Å². The van der Waals surface area contributed by atoms with Crippen LogP contribution >= 0.6 is 23.4 Å². The number of nitrogens with one attached hydrogen (secondary N) is 1. The van der Waals surface area contributed by atoms with Crippen molar-refractivity contribution in [2.75, 3.05) is 13.2 Å². The van der Waals surface area contributed by atoms with E-state index in [2.05, 4.69) is 15.5 Å². The Morgan fingerprint density at radius 2 is 2.00 bits per heavy atom. The van der Waals surface area contributed by atoms with Gasteiger partial charge in [0.1, 0.15) is 12.4 Å². The molecule has 0 aliphatic carbocycles. The third kappa shape index (κ3) is 5.74. The summed E-state index contributed by atoms with van der Waals surface area (Å²) in [6, 6.07) is 14.5. The van der Waals surface area contributed by atoms with Crippen molar-refractivity contribution < 1.29 is 14.1 Å². The first-order valence-electron chi connectivity index (χ1n) is 8.29. The van der Waals surface area contributed by atoms with E-state index >= 15 is 0 Å². The van der Waals surface area contributed by atoms with Crippen molar-refractivity contribution >= 4 is 29.3 Å². The molecule has 27 heavy (non-hydrogen) atoms. The number of amides is 1. The molecule has 1 heterocycles. The number of aromatic nitrogens is 2. The van der Waals surface area contributed by atoms with E-state index in [-0.39, 0.29) is 5.91 Å². The normalized spacial score (nSPS) is 10.6. The molecule has 8 heteroatoms. The molecule has 0 bridgehead atoms. The lowest BCUT2D eigenvalue weighted by molar-refractivity contribution is 0.0944. The largest absolute Gasteiger partial charge is 0.492 e. The van der Waals surface area contributed by atoms with E-state index in [0.29, 0.717) is 47.0 Å². The minimum absolute atomic E-state index is 0.151. The Bertz CT molecular complexity index is 899. The zero-order chi connectivity index (χ0) is 19.1. The second-order valence-electron chi connectivity index (χ2n) is 5.57. The van der Waals surface area contributed by atoms with Gasteiger partial charge < -0.3 is 14.6 Å². The van der Waals surface area contributed by atoms with E-state index in [0.717, 1.165) is 4.90 Å². The zero-order valence-corrected chi connectivity index (χ0v) is 16.2. The lowest BCUT2D eigenvalue weighted by Gasteiger charge is -2.10. The van der Waals surface area contributed by atoms with Crippen LogP contribution in [0.2, 0.25) is 5.02 Å². The Hall–Kier alpha value is -2.51. The van der Waals surface area contributed by atoms with Crippen molar-refractivity contribution in [1.82, 2.24) is 15.5 Å². The van der Waals surface area contributed by atoms with Gasteiger partial charge in [0.05, 0.1) is 17.9 Å². The first-order chi connectivity index (χ1) is 13.1. The lowest BCUT2D eigenvalue weighted by atomic mass is 10.2. The summed E-state index contributed by atoms with van der Waals surface area (Å²) in [5, 5.41) is 7.39. The topological polar surface area (TPSA) is 77.2 Å². The van der Waals surface area contributed by atoms with Gasteiger partial charge in [0.15, 0.2) is 5.82 Å². The third-order valence-corrected chi connectivity index (χ3v) is 4.85. The standard InChI is InChI=1S/C19H18ClN3O3S/c1-13-22-18(23-26-13)12-27-17-5-3-2-4-16(17)19(24)21-10-11-25-15-8-6-14(20)7-9-15/h2-9H,10-12H2,1H3,(H,21,24). The Morgan fingerprint density at radius 1 is 1.22 bits per heavy atom. The van der Waals surface area contributed by atoms with Crippen LogP contribution in [0.15, 0.2) is 57.9 Å². The van der Waals surface area contributed by atoms with Crippen molar-refractivity contribution in [3.63, 3.8) is 0 Å². The Kier molecular flexibility index (Phi) is 6.73. The monoisotopic (exact) mass is 403 g/mol. The molecule has 1 N–H and O–H groups in total. The first-order valence-corrected chi connectivity index (χ1v) is 9.66. The van der Waals surface area contributed by atoms with Crippen molar-refractivity contribution in [3.05, 3.63) is 70.8 Å². The highest BCUT2D eigenvalue weighted by atomic mass is 35.5. The van der Waals surface area contributed by atoms with E-state index in [1.165, 1.54) is 11.8 Å². The van der Waals surface area contributed by atoms with E-state index < -0.39 is 0 Å². The average molecular weight is 404 g/mol. The fourth-order valence-electron chi connectivity index (χ4n) is 2.28. The molecule has 3 rings (SSSR count). The Morgan fingerprint density at radius 3 is 2.74 bits per heavy atom. The summed E-state index contributed by atoms with van der Waals surface area (Å²) in [5.74, 6) is 2.21. The van der Waals surface area contributed by atoms with Gasteiger partial charge in [-0.3, -0.25) is 4.79 Å². The Labute approximate surface area is 166 Å². The van der Waals surface area contributed by atoms with Gasteiger partial charge in [-0.1, -0.05) is 28.9 Å². The smallest absolute Gasteiger partial charge is 0.252 e. The van der Waals surface area contributed by atoms with Gasteiger partial charge in [-0.2, -0.15) is 4.98 Å². The van der Waals surface area contributed by atoms with Crippen LogP contribution in [0.3, 0.4) is 0 Å². The first kappa shape index (κ1) is 19.3. The molecule has 0 saturated heterocycles. The zero-order valence-electron chi connectivity index (χ0n) is 14.6. The van der Waals surface area contributed by atoms with Gasteiger partial charge >= 0.3 is 0 Å². The molecule has 0 aliphatic rings. The average Bonchev–Trinajstić information content (AvgIpc) is 3.10. The molecule has 0 aliphatic heterocycles. The summed E-state index contributed by atoms with van der Waals surface area (Å²) in [4.78, 5) is 17.5. The number of hydrogen-bond donors (Lipinski definition) is 1. The maximum absolute atomic E-state index is 12.5. The second kappa shape index (κ2) is 9.43. The van der Waals surface area contributed by atoms with E-state index in [9.17, 15) is 4.79 Å². The number of hydrogen-bond acceptors (Lipinski definition) is 6. The van der Waals surface area contributed by atoms with Crippen LogP contribution in [0.4, 0.5) is 0 Å². The molecule has 140 valence electrons. The van der Waals surface area contributed by atoms with E-state index in [4.69, 9.17) is 20.9 Å². The van der Waals surface area contributed by atoms with Crippen LogP contribution in [0, 0.1) is 6.92 Å². The molecule has 1 amide bonds. The summed E-state index contributed by atoms with van der Waals surface area (Å²) < 4.78 is 10.5. The van der Waals surface area contributed by atoms with Gasteiger partial charge in [0.25, 0.3) is 5.91 Å². The lowest BCUT2D eigenvalue weighted by Crippen LogP contribution is -2.28. The van der Waals surface area contributed by atoms with E-state index in [1.54, 1.807) is 37.3 Å². The number of ether oxygens (including phenoxy) is 1. The minimum atomic E-state index is -0.151. The molecule has 2 aromatic carbocycles. The van der Waals surface area contributed by atoms with Crippen LogP contribution in [-0.2, 0) is 5.75 Å². The number of thioether (sulfide) groups is 1. The maximum atomic E-state index is 12.5. The summed E-state index contributed by atoms with van der Waals surface area (Å²) in [7, 11) is 0. The number of carbonyl (C=O) groups is 1. The number of rotatable bonds is 8. The molecule has 0 radical (unpaired) electrons. The van der Waals surface area contributed by atoms with Crippen molar-refractivity contribution in [2.45, 2.75) is 17.6 Å². The van der Waals surface area contributed by atoms with Crippen LogP contribution in [0.5, 0.6) is 5.75 Å². The summed E-state index contributed by atoms with van der Waals surface area (Å²) in [6.07, 6.45) is 0. The predicted molar refractivity (Wildman–Crippen MR) is 104 cm³/mol. The molecule has 1 aromatic heterocycles. The van der Waals surface area contributed by atoms with Crippen molar-refractivity contribution in [1.29, 1.82) is 0 Å². The van der Waals surface area contributed by atoms with Crippen LogP contribution in [0.25, 0.3) is 0 Å². The predicted octanol–water partition coefficient (Wildman–Crippen LogP) is 4.13. The molecule has 0 spiro atoms. The van der Waals surface area contributed by atoms with E-state index in [1.807, 2.05) is 18.2 Å². The molecular weight excluding hydrogens is 386 g/mol. The second-order valence-corrected chi connectivity index (χ2v) is 7.03. The van der Waals surface area contributed by atoms with Crippen LogP contribution in [-0.4, -0.2) is 29.2 Å². The molecule has 0 saturated carbocycles. The highest BCUT2D eigenvalue weighted by Crippen LogP contribution is 2.25. The fourth-order valence-corrected chi connectivity index (χ4v) is 3.30. The summed E-state index contributed by atoms with van der Waals surface area (Å²) in [6.45, 7) is 2.50. The minimum Gasteiger partial charge on any atom is -0.492 e. The Balaban J connectivity index is 1.51. The fraction of sp³-hybridized carbons (Fsp3) is 0.211. The van der Waals surface area contributed by atoms with Gasteiger partial charge in [-0.15, -0.1) is 11.8 Å². The molecular formula is C19H18ClN3O3S. The van der Waals surface area contributed by atoms with Gasteiger partial charge in [0, 0.05) is 16.8 Å². The highest BCUT2D eigenvalue weighted by Gasteiger charge is 2.12. The third-order valence-electron chi connectivity index (χ3n) is 3.53. The summed E-state index contributed by atoms with van der Waals surface area (Å²) >= 11 is 7.33.